The van der Waals surface area contributed by atoms with Crippen LogP contribution in [0.2, 0.25) is 0 Å². The molecule has 0 unspecified atom stereocenters. The zero-order valence-electron chi connectivity index (χ0n) is 9.79. The van der Waals surface area contributed by atoms with E-state index in [1.807, 2.05) is 19.1 Å². The first-order valence-electron chi connectivity index (χ1n) is 5.08. The highest BCUT2D eigenvalue weighted by Gasteiger charge is 2.11. The summed E-state index contributed by atoms with van der Waals surface area (Å²) < 4.78 is 16.1. The molecule has 0 aliphatic rings. The van der Waals surface area contributed by atoms with Crippen LogP contribution in [0.1, 0.15) is 18.9 Å². The normalized spacial score (nSPS) is 9.87. The number of hydrogen-bond donors (Lipinski definition) is 0. The Labute approximate surface area is 91.0 Å². The lowest BCUT2D eigenvalue weighted by Gasteiger charge is -2.14. The van der Waals surface area contributed by atoms with E-state index in [0.717, 1.165) is 17.7 Å². The zero-order valence-corrected chi connectivity index (χ0v) is 9.79. The first-order chi connectivity index (χ1) is 7.22. The van der Waals surface area contributed by atoms with Crippen molar-refractivity contribution in [2.75, 3.05) is 20.8 Å². The molecule has 3 heteroatoms. The SMILES string of the molecule is CCCOc1cc(C)cc(OC)c1OC. The van der Waals surface area contributed by atoms with Crippen molar-refractivity contribution in [3.63, 3.8) is 0 Å². The van der Waals surface area contributed by atoms with Crippen molar-refractivity contribution in [3.8, 4) is 17.2 Å². The van der Waals surface area contributed by atoms with Gasteiger partial charge in [-0.05, 0) is 31.0 Å². The molecule has 0 aliphatic heterocycles. The largest absolute Gasteiger partial charge is 0.493 e. The summed E-state index contributed by atoms with van der Waals surface area (Å²) in [6.07, 6.45) is 0.972. The molecule has 0 amide bonds. The molecule has 0 fully saturated rings. The summed E-state index contributed by atoms with van der Waals surface area (Å²) in [5.74, 6) is 2.12. The van der Waals surface area contributed by atoms with Gasteiger partial charge in [0, 0.05) is 0 Å². The molecule has 0 aliphatic carbocycles. The zero-order chi connectivity index (χ0) is 11.3. The Morgan fingerprint density at radius 3 is 2.27 bits per heavy atom. The smallest absolute Gasteiger partial charge is 0.203 e. The summed E-state index contributed by atoms with van der Waals surface area (Å²) in [5, 5.41) is 0. The number of hydrogen-bond acceptors (Lipinski definition) is 3. The first-order valence-corrected chi connectivity index (χ1v) is 5.08. The van der Waals surface area contributed by atoms with Crippen LogP contribution in [0.4, 0.5) is 0 Å². The van der Waals surface area contributed by atoms with Gasteiger partial charge in [-0.15, -0.1) is 0 Å². The third kappa shape index (κ3) is 2.78. The lowest BCUT2D eigenvalue weighted by molar-refractivity contribution is 0.283. The Balaban J connectivity index is 3.05. The minimum Gasteiger partial charge on any atom is -0.493 e. The van der Waals surface area contributed by atoms with E-state index in [-0.39, 0.29) is 0 Å². The maximum Gasteiger partial charge on any atom is 0.203 e. The summed E-state index contributed by atoms with van der Waals surface area (Å²) in [6, 6.07) is 3.88. The second-order valence-corrected chi connectivity index (χ2v) is 3.35. The van der Waals surface area contributed by atoms with Crippen molar-refractivity contribution in [3.05, 3.63) is 17.7 Å². The van der Waals surface area contributed by atoms with Crippen molar-refractivity contribution >= 4 is 0 Å². The predicted molar refractivity (Wildman–Crippen MR) is 60.1 cm³/mol. The Kier molecular flexibility index (Phi) is 4.28. The fourth-order valence-electron chi connectivity index (χ4n) is 1.38. The molecule has 0 heterocycles. The van der Waals surface area contributed by atoms with Crippen LogP contribution >= 0.6 is 0 Å². The molecule has 0 saturated carbocycles. The van der Waals surface area contributed by atoms with Gasteiger partial charge in [-0.1, -0.05) is 6.92 Å². The molecule has 0 radical (unpaired) electrons. The van der Waals surface area contributed by atoms with Crippen molar-refractivity contribution in [1.29, 1.82) is 0 Å². The maximum absolute atomic E-state index is 5.60. The molecule has 1 aromatic carbocycles. The highest BCUT2D eigenvalue weighted by atomic mass is 16.5. The fraction of sp³-hybridized carbons (Fsp3) is 0.500. The highest BCUT2D eigenvalue weighted by molar-refractivity contribution is 5.53. The Morgan fingerprint density at radius 2 is 1.73 bits per heavy atom. The molecule has 0 aromatic heterocycles. The van der Waals surface area contributed by atoms with Crippen molar-refractivity contribution < 1.29 is 14.2 Å². The molecule has 0 bridgehead atoms. The molecule has 0 saturated heterocycles. The lowest BCUT2D eigenvalue weighted by atomic mass is 10.2. The van der Waals surface area contributed by atoms with Crippen LogP contribution in [0.15, 0.2) is 12.1 Å². The number of aryl methyl sites for hydroxylation is 1. The average molecular weight is 210 g/mol. The third-order valence-corrected chi connectivity index (χ3v) is 2.05. The first kappa shape index (κ1) is 11.7. The van der Waals surface area contributed by atoms with E-state index >= 15 is 0 Å². The van der Waals surface area contributed by atoms with E-state index in [1.165, 1.54) is 0 Å². The molecule has 84 valence electrons. The minimum absolute atomic E-state index is 0.663. The number of ether oxygens (including phenoxy) is 3. The molecule has 0 N–H and O–H groups in total. The van der Waals surface area contributed by atoms with Gasteiger partial charge in [-0.25, -0.2) is 0 Å². The summed E-state index contributed by atoms with van der Waals surface area (Å²) in [5.41, 5.74) is 1.10. The maximum atomic E-state index is 5.60. The van der Waals surface area contributed by atoms with Gasteiger partial charge >= 0.3 is 0 Å². The standard InChI is InChI=1S/C12H18O3/c1-5-6-15-11-8-9(2)7-10(13-3)12(11)14-4/h7-8H,5-6H2,1-4H3. The topological polar surface area (TPSA) is 27.7 Å². The molecular formula is C12H18O3. The molecule has 1 aromatic rings. The third-order valence-electron chi connectivity index (χ3n) is 2.05. The van der Waals surface area contributed by atoms with Crippen LogP contribution in [-0.4, -0.2) is 20.8 Å². The second-order valence-electron chi connectivity index (χ2n) is 3.35. The van der Waals surface area contributed by atoms with Gasteiger partial charge in [0.25, 0.3) is 0 Å². The summed E-state index contributed by atoms with van der Waals surface area (Å²) >= 11 is 0. The van der Waals surface area contributed by atoms with Crippen LogP contribution in [0.25, 0.3) is 0 Å². The average Bonchev–Trinajstić information content (AvgIpc) is 2.25. The molecule has 0 spiro atoms. The van der Waals surface area contributed by atoms with E-state index in [1.54, 1.807) is 14.2 Å². The van der Waals surface area contributed by atoms with Crippen LogP contribution in [-0.2, 0) is 0 Å². The highest BCUT2D eigenvalue weighted by Crippen LogP contribution is 2.38. The molecule has 15 heavy (non-hydrogen) atoms. The molecular weight excluding hydrogens is 192 g/mol. The van der Waals surface area contributed by atoms with Crippen LogP contribution in [0.5, 0.6) is 17.2 Å². The second kappa shape index (κ2) is 5.49. The van der Waals surface area contributed by atoms with E-state index in [9.17, 15) is 0 Å². The molecule has 3 nitrogen and oxygen atoms in total. The Bertz CT molecular complexity index is 321. The van der Waals surface area contributed by atoms with Crippen molar-refractivity contribution in [1.82, 2.24) is 0 Å². The van der Waals surface area contributed by atoms with Gasteiger partial charge < -0.3 is 14.2 Å². The van der Waals surface area contributed by atoms with Crippen LogP contribution in [0.3, 0.4) is 0 Å². The van der Waals surface area contributed by atoms with E-state index < -0.39 is 0 Å². The lowest BCUT2D eigenvalue weighted by Crippen LogP contribution is -2.00. The van der Waals surface area contributed by atoms with Gasteiger partial charge in [0.15, 0.2) is 11.5 Å². The molecule has 1 rings (SSSR count). The van der Waals surface area contributed by atoms with E-state index in [0.29, 0.717) is 18.1 Å². The summed E-state index contributed by atoms with van der Waals surface area (Å²) in [6.45, 7) is 4.75. The summed E-state index contributed by atoms with van der Waals surface area (Å²) in [7, 11) is 3.24. The van der Waals surface area contributed by atoms with Crippen molar-refractivity contribution in [2.24, 2.45) is 0 Å². The van der Waals surface area contributed by atoms with E-state index in [2.05, 4.69) is 6.92 Å². The Hall–Kier alpha value is -1.38. The molecule has 0 atom stereocenters. The number of benzene rings is 1. The Morgan fingerprint density at radius 1 is 1.07 bits per heavy atom. The van der Waals surface area contributed by atoms with Gasteiger partial charge in [-0.3, -0.25) is 0 Å². The quantitative estimate of drug-likeness (QED) is 0.748. The monoisotopic (exact) mass is 210 g/mol. The fourth-order valence-corrected chi connectivity index (χ4v) is 1.38. The predicted octanol–water partition coefficient (Wildman–Crippen LogP) is 2.80. The van der Waals surface area contributed by atoms with Crippen molar-refractivity contribution in [2.45, 2.75) is 20.3 Å². The van der Waals surface area contributed by atoms with Gasteiger partial charge in [0.1, 0.15) is 0 Å². The number of methoxy groups -OCH3 is 2. The summed E-state index contributed by atoms with van der Waals surface area (Å²) in [4.78, 5) is 0. The van der Waals surface area contributed by atoms with Gasteiger partial charge in [-0.2, -0.15) is 0 Å². The van der Waals surface area contributed by atoms with E-state index in [4.69, 9.17) is 14.2 Å². The minimum atomic E-state index is 0.663. The number of rotatable bonds is 5. The van der Waals surface area contributed by atoms with Crippen LogP contribution < -0.4 is 14.2 Å². The van der Waals surface area contributed by atoms with Crippen LogP contribution in [0, 0.1) is 6.92 Å². The van der Waals surface area contributed by atoms with Gasteiger partial charge in [0.2, 0.25) is 5.75 Å². The van der Waals surface area contributed by atoms with Gasteiger partial charge in [0.05, 0.1) is 20.8 Å².